The summed E-state index contributed by atoms with van der Waals surface area (Å²) in [4.78, 5) is 0.313. The van der Waals surface area contributed by atoms with E-state index in [9.17, 15) is 8.42 Å². The first-order valence-electron chi connectivity index (χ1n) is 6.39. The first-order chi connectivity index (χ1) is 8.94. The Morgan fingerprint density at radius 1 is 1.42 bits per heavy atom. The largest absolute Gasteiger partial charge is 0.316 e. The maximum atomic E-state index is 12.4. The van der Waals surface area contributed by atoms with Gasteiger partial charge in [0.15, 0.2) is 0 Å². The number of nitrogens with one attached hydrogen (secondary N) is 2. The molecule has 0 heterocycles. The number of hydrogen-bond acceptors (Lipinski definition) is 3. The molecule has 0 bridgehead atoms. The maximum absolute atomic E-state index is 12.4. The lowest BCUT2D eigenvalue weighted by Gasteiger charge is -2.15. The summed E-state index contributed by atoms with van der Waals surface area (Å²) in [5.74, 6) is 0.494. The van der Waals surface area contributed by atoms with Crippen molar-refractivity contribution in [2.75, 3.05) is 7.05 Å². The molecule has 6 heteroatoms. The van der Waals surface area contributed by atoms with E-state index in [-0.39, 0.29) is 6.04 Å². The minimum absolute atomic E-state index is 0.00450. The Labute approximate surface area is 123 Å². The molecule has 106 valence electrons. The molecule has 0 saturated heterocycles. The maximum Gasteiger partial charge on any atom is 0.241 e. The molecule has 1 aliphatic rings. The third kappa shape index (κ3) is 3.78. The van der Waals surface area contributed by atoms with Crippen LogP contribution in [0.5, 0.6) is 0 Å². The molecule has 1 atom stereocenters. The van der Waals surface area contributed by atoms with Crippen molar-refractivity contribution in [3.8, 4) is 0 Å². The lowest BCUT2D eigenvalue weighted by atomic mass is 10.2. The molecule has 0 aromatic heterocycles. The van der Waals surface area contributed by atoms with E-state index in [0.29, 0.717) is 21.8 Å². The molecule has 1 aromatic rings. The molecular formula is C13H19BrN2O2S. The zero-order chi connectivity index (χ0) is 14.0. The van der Waals surface area contributed by atoms with Crippen LogP contribution in [0.25, 0.3) is 0 Å². The summed E-state index contributed by atoms with van der Waals surface area (Å²) in [5, 5.41) is 3.02. The molecule has 1 unspecified atom stereocenters. The zero-order valence-electron chi connectivity index (χ0n) is 11.1. The van der Waals surface area contributed by atoms with E-state index in [2.05, 4.69) is 26.0 Å². The molecule has 0 amide bonds. The van der Waals surface area contributed by atoms with Crippen LogP contribution in [0.3, 0.4) is 0 Å². The van der Waals surface area contributed by atoms with Gasteiger partial charge in [0.1, 0.15) is 0 Å². The van der Waals surface area contributed by atoms with Crippen molar-refractivity contribution in [1.82, 2.24) is 10.0 Å². The second-order valence-corrected chi connectivity index (χ2v) is 7.58. The molecule has 1 aromatic carbocycles. The fourth-order valence-electron chi connectivity index (χ4n) is 2.07. The van der Waals surface area contributed by atoms with E-state index >= 15 is 0 Å². The Morgan fingerprint density at radius 2 is 2.11 bits per heavy atom. The molecule has 19 heavy (non-hydrogen) atoms. The summed E-state index contributed by atoms with van der Waals surface area (Å²) in [6.07, 6.45) is 2.23. The minimum Gasteiger partial charge on any atom is -0.316 e. The van der Waals surface area contributed by atoms with E-state index in [1.165, 1.54) is 0 Å². The molecule has 0 spiro atoms. The van der Waals surface area contributed by atoms with Crippen LogP contribution >= 0.6 is 15.9 Å². The van der Waals surface area contributed by atoms with Gasteiger partial charge >= 0.3 is 0 Å². The summed E-state index contributed by atoms with van der Waals surface area (Å²) in [6, 6.07) is 5.40. The van der Waals surface area contributed by atoms with Crippen molar-refractivity contribution in [2.45, 2.75) is 37.2 Å². The molecule has 4 nitrogen and oxygen atoms in total. The van der Waals surface area contributed by atoms with Crippen molar-refractivity contribution in [3.05, 3.63) is 28.2 Å². The Hall–Kier alpha value is -0.430. The SMILES string of the molecule is CNCc1ccc(Br)c(S(=O)(=O)NC(C)C2CC2)c1. The molecule has 1 fully saturated rings. The van der Waals surface area contributed by atoms with Crippen LogP contribution in [0, 0.1) is 5.92 Å². The van der Waals surface area contributed by atoms with Crippen molar-refractivity contribution in [1.29, 1.82) is 0 Å². The third-order valence-corrected chi connectivity index (χ3v) is 5.89. The molecule has 1 saturated carbocycles. The summed E-state index contributed by atoms with van der Waals surface area (Å²) in [7, 11) is -1.62. The smallest absolute Gasteiger partial charge is 0.241 e. The van der Waals surface area contributed by atoms with Crippen LogP contribution in [0.1, 0.15) is 25.3 Å². The minimum atomic E-state index is -3.46. The summed E-state index contributed by atoms with van der Waals surface area (Å²) in [5.41, 5.74) is 0.949. The van der Waals surface area contributed by atoms with Crippen LogP contribution in [0.2, 0.25) is 0 Å². The predicted molar refractivity (Wildman–Crippen MR) is 79.4 cm³/mol. The number of rotatable bonds is 6. The van der Waals surface area contributed by atoms with Crippen molar-refractivity contribution in [2.24, 2.45) is 5.92 Å². The van der Waals surface area contributed by atoms with Gasteiger partial charge < -0.3 is 5.32 Å². The van der Waals surface area contributed by atoms with Gasteiger partial charge in [-0.05, 0) is 66.4 Å². The monoisotopic (exact) mass is 346 g/mol. The second kappa shape index (κ2) is 5.91. The van der Waals surface area contributed by atoms with E-state index in [1.54, 1.807) is 12.1 Å². The van der Waals surface area contributed by atoms with Gasteiger partial charge in [-0.1, -0.05) is 6.07 Å². The fraction of sp³-hybridized carbons (Fsp3) is 0.538. The van der Waals surface area contributed by atoms with Gasteiger partial charge in [0.05, 0.1) is 4.90 Å². The van der Waals surface area contributed by atoms with Gasteiger partial charge in [0.25, 0.3) is 0 Å². The number of benzene rings is 1. The normalized spacial score (nSPS) is 17.4. The Bertz CT molecular complexity index is 556. The van der Waals surface area contributed by atoms with Gasteiger partial charge in [-0.25, -0.2) is 13.1 Å². The topological polar surface area (TPSA) is 58.2 Å². The first-order valence-corrected chi connectivity index (χ1v) is 8.67. The second-order valence-electron chi connectivity index (χ2n) is 5.04. The van der Waals surface area contributed by atoms with Gasteiger partial charge in [-0.15, -0.1) is 0 Å². The van der Waals surface area contributed by atoms with Crippen LogP contribution in [0.4, 0.5) is 0 Å². The van der Waals surface area contributed by atoms with Crippen molar-refractivity contribution >= 4 is 26.0 Å². The average molecular weight is 347 g/mol. The lowest BCUT2D eigenvalue weighted by molar-refractivity contribution is 0.537. The predicted octanol–water partition coefficient (Wildman–Crippen LogP) is 2.25. The molecule has 0 aliphatic heterocycles. The molecule has 2 N–H and O–H groups in total. The Kier molecular flexibility index (Phi) is 4.66. The lowest BCUT2D eigenvalue weighted by Crippen LogP contribution is -2.34. The summed E-state index contributed by atoms with van der Waals surface area (Å²) in [6.45, 7) is 2.58. The van der Waals surface area contributed by atoms with Crippen LogP contribution in [-0.2, 0) is 16.6 Å². The van der Waals surface area contributed by atoms with E-state index < -0.39 is 10.0 Å². The summed E-state index contributed by atoms with van der Waals surface area (Å²) >= 11 is 3.32. The van der Waals surface area contributed by atoms with Crippen LogP contribution in [-0.4, -0.2) is 21.5 Å². The van der Waals surface area contributed by atoms with Gasteiger partial charge in [0.2, 0.25) is 10.0 Å². The van der Waals surface area contributed by atoms with Crippen molar-refractivity contribution in [3.63, 3.8) is 0 Å². The Morgan fingerprint density at radius 3 is 2.68 bits per heavy atom. The highest BCUT2D eigenvalue weighted by Crippen LogP contribution is 2.33. The van der Waals surface area contributed by atoms with Crippen LogP contribution in [0.15, 0.2) is 27.6 Å². The molecule has 0 radical (unpaired) electrons. The average Bonchev–Trinajstić information content (AvgIpc) is 3.15. The van der Waals surface area contributed by atoms with Gasteiger partial charge in [0, 0.05) is 17.1 Å². The van der Waals surface area contributed by atoms with Gasteiger partial charge in [-0.2, -0.15) is 0 Å². The van der Waals surface area contributed by atoms with E-state index in [1.807, 2.05) is 20.0 Å². The number of halogens is 1. The van der Waals surface area contributed by atoms with Gasteiger partial charge in [-0.3, -0.25) is 0 Å². The highest BCUT2D eigenvalue weighted by molar-refractivity contribution is 9.10. The summed E-state index contributed by atoms with van der Waals surface area (Å²) < 4.78 is 28.1. The van der Waals surface area contributed by atoms with E-state index in [0.717, 1.165) is 18.4 Å². The number of hydrogen-bond donors (Lipinski definition) is 2. The number of sulfonamides is 1. The quantitative estimate of drug-likeness (QED) is 0.830. The molecule has 2 rings (SSSR count). The third-order valence-electron chi connectivity index (χ3n) is 3.34. The van der Waals surface area contributed by atoms with E-state index in [4.69, 9.17) is 0 Å². The Balaban J connectivity index is 2.25. The molecule has 1 aliphatic carbocycles. The van der Waals surface area contributed by atoms with Crippen molar-refractivity contribution < 1.29 is 8.42 Å². The molecular weight excluding hydrogens is 328 g/mol. The highest BCUT2D eigenvalue weighted by Gasteiger charge is 2.31. The first kappa shape index (κ1) is 15.0. The highest BCUT2D eigenvalue weighted by atomic mass is 79.9. The standard InChI is InChI=1S/C13H19BrN2O2S/c1-9(11-4-5-11)16-19(17,18)13-7-10(8-15-2)3-6-12(13)14/h3,6-7,9,11,15-16H,4-5,8H2,1-2H3. The zero-order valence-corrected chi connectivity index (χ0v) is 13.5. The van der Waals surface area contributed by atoms with Crippen LogP contribution < -0.4 is 10.0 Å². The fourth-order valence-corrected chi connectivity index (χ4v) is 4.39.